The molecule has 1 heterocycles. The molecule has 3 aromatic carbocycles. The summed E-state index contributed by atoms with van der Waals surface area (Å²) in [4.78, 5) is 0. The molecule has 4 rings (SSSR count). The Kier molecular flexibility index (Phi) is 2.67. The van der Waals surface area contributed by atoms with Gasteiger partial charge in [-0.25, -0.2) is 8.78 Å². The SMILES string of the molecule is Fc1cc(F)cc(C2Cc3cc4ccccc4cc3N2)c1. The topological polar surface area (TPSA) is 12.0 Å². The van der Waals surface area contributed by atoms with Crippen molar-refractivity contribution >= 4 is 16.5 Å². The quantitative estimate of drug-likeness (QED) is 0.674. The molecule has 3 aromatic rings. The Bertz CT molecular complexity index is 777. The van der Waals surface area contributed by atoms with E-state index in [0.29, 0.717) is 5.56 Å². The van der Waals surface area contributed by atoms with Gasteiger partial charge in [0, 0.05) is 11.8 Å². The molecule has 21 heavy (non-hydrogen) atoms. The largest absolute Gasteiger partial charge is 0.378 e. The molecular formula is C18H13F2N. The van der Waals surface area contributed by atoms with Crippen LogP contribution < -0.4 is 5.32 Å². The Labute approximate surface area is 121 Å². The molecule has 1 aliphatic rings. The molecule has 0 aromatic heterocycles. The smallest absolute Gasteiger partial charge is 0.126 e. The summed E-state index contributed by atoms with van der Waals surface area (Å²) >= 11 is 0. The highest BCUT2D eigenvalue weighted by atomic mass is 19.1. The van der Waals surface area contributed by atoms with Crippen LogP contribution in [0.1, 0.15) is 17.2 Å². The number of hydrogen-bond acceptors (Lipinski definition) is 1. The molecule has 0 fully saturated rings. The fourth-order valence-electron chi connectivity index (χ4n) is 3.03. The lowest BCUT2D eigenvalue weighted by molar-refractivity contribution is 0.576. The van der Waals surface area contributed by atoms with E-state index in [1.807, 2.05) is 12.1 Å². The molecule has 1 aliphatic heterocycles. The summed E-state index contributed by atoms with van der Waals surface area (Å²) in [5, 5.41) is 5.71. The van der Waals surface area contributed by atoms with Crippen molar-refractivity contribution in [3.63, 3.8) is 0 Å². The van der Waals surface area contributed by atoms with Crippen LogP contribution in [0.3, 0.4) is 0 Å². The van der Waals surface area contributed by atoms with E-state index in [0.717, 1.165) is 23.6 Å². The number of fused-ring (bicyclic) bond motifs is 2. The van der Waals surface area contributed by atoms with Crippen LogP contribution in [0.25, 0.3) is 10.8 Å². The number of anilines is 1. The molecule has 0 saturated heterocycles. The Hall–Kier alpha value is -2.42. The van der Waals surface area contributed by atoms with Crippen LogP contribution in [0, 0.1) is 11.6 Å². The van der Waals surface area contributed by atoms with Crippen molar-refractivity contribution in [2.45, 2.75) is 12.5 Å². The summed E-state index contributed by atoms with van der Waals surface area (Å²) in [5.41, 5.74) is 2.87. The second-order valence-corrected chi connectivity index (χ2v) is 5.46. The first-order chi connectivity index (χ1) is 10.2. The predicted octanol–water partition coefficient (Wildman–Crippen LogP) is 4.83. The minimum Gasteiger partial charge on any atom is -0.378 e. The monoisotopic (exact) mass is 281 g/mol. The van der Waals surface area contributed by atoms with Gasteiger partial charge in [0.15, 0.2) is 0 Å². The third kappa shape index (κ3) is 2.15. The van der Waals surface area contributed by atoms with Gasteiger partial charge >= 0.3 is 0 Å². The zero-order valence-corrected chi connectivity index (χ0v) is 11.2. The van der Waals surface area contributed by atoms with Gasteiger partial charge in [-0.2, -0.15) is 0 Å². The normalized spacial score (nSPS) is 16.8. The number of rotatable bonds is 1. The highest BCUT2D eigenvalue weighted by Gasteiger charge is 2.23. The molecule has 1 N–H and O–H groups in total. The van der Waals surface area contributed by atoms with Crippen molar-refractivity contribution in [1.82, 2.24) is 0 Å². The minimum atomic E-state index is -0.534. The Morgan fingerprint density at radius 1 is 0.857 bits per heavy atom. The molecule has 1 atom stereocenters. The predicted molar refractivity (Wildman–Crippen MR) is 80.4 cm³/mol. The van der Waals surface area contributed by atoms with Crippen molar-refractivity contribution < 1.29 is 8.78 Å². The number of benzene rings is 3. The van der Waals surface area contributed by atoms with Crippen LogP contribution in [-0.4, -0.2) is 0 Å². The van der Waals surface area contributed by atoms with E-state index < -0.39 is 11.6 Å². The molecule has 0 radical (unpaired) electrons. The van der Waals surface area contributed by atoms with Crippen LogP contribution in [0.4, 0.5) is 14.5 Å². The van der Waals surface area contributed by atoms with Gasteiger partial charge in [0.1, 0.15) is 11.6 Å². The van der Waals surface area contributed by atoms with Crippen LogP contribution in [0.5, 0.6) is 0 Å². The van der Waals surface area contributed by atoms with Gasteiger partial charge in [-0.15, -0.1) is 0 Å². The van der Waals surface area contributed by atoms with Crippen molar-refractivity contribution in [2.24, 2.45) is 0 Å². The second-order valence-electron chi connectivity index (χ2n) is 5.46. The van der Waals surface area contributed by atoms with Crippen molar-refractivity contribution in [3.05, 3.63) is 77.4 Å². The second kappa shape index (κ2) is 4.55. The van der Waals surface area contributed by atoms with Crippen molar-refractivity contribution in [3.8, 4) is 0 Å². The minimum absolute atomic E-state index is 0.0815. The third-order valence-electron chi connectivity index (χ3n) is 4.01. The zero-order valence-electron chi connectivity index (χ0n) is 11.2. The van der Waals surface area contributed by atoms with Gasteiger partial charge in [-0.3, -0.25) is 0 Å². The molecular weight excluding hydrogens is 268 g/mol. The fourth-order valence-corrected chi connectivity index (χ4v) is 3.03. The highest BCUT2D eigenvalue weighted by Crippen LogP contribution is 2.37. The fraction of sp³-hybridized carbons (Fsp3) is 0.111. The molecule has 0 amide bonds. The molecule has 0 aliphatic carbocycles. The van der Waals surface area contributed by atoms with Gasteiger partial charge in [0.2, 0.25) is 0 Å². The zero-order chi connectivity index (χ0) is 14.4. The van der Waals surface area contributed by atoms with E-state index in [4.69, 9.17) is 0 Å². The lowest BCUT2D eigenvalue weighted by Gasteiger charge is -2.12. The molecule has 1 nitrogen and oxygen atoms in total. The molecule has 104 valence electrons. The number of hydrogen-bond donors (Lipinski definition) is 1. The van der Waals surface area contributed by atoms with Crippen molar-refractivity contribution in [1.29, 1.82) is 0 Å². The maximum absolute atomic E-state index is 13.4. The van der Waals surface area contributed by atoms with Crippen LogP contribution in [-0.2, 0) is 6.42 Å². The van der Waals surface area contributed by atoms with Gasteiger partial charge in [0.05, 0.1) is 6.04 Å². The van der Waals surface area contributed by atoms with E-state index in [2.05, 4.69) is 29.6 Å². The molecule has 3 heteroatoms. The summed E-state index contributed by atoms with van der Waals surface area (Å²) in [5.74, 6) is -1.07. The molecule has 0 saturated carbocycles. The molecule has 0 spiro atoms. The van der Waals surface area contributed by atoms with E-state index >= 15 is 0 Å². The van der Waals surface area contributed by atoms with Gasteiger partial charge < -0.3 is 5.32 Å². The molecule has 0 bridgehead atoms. The van der Waals surface area contributed by atoms with Gasteiger partial charge in [-0.1, -0.05) is 24.3 Å². The van der Waals surface area contributed by atoms with Gasteiger partial charge in [0.25, 0.3) is 0 Å². The highest BCUT2D eigenvalue weighted by molar-refractivity contribution is 5.88. The summed E-state index contributed by atoms with van der Waals surface area (Å²) in [7, 11) is 0. The standard InChI is InChI=1S/C18H13F2N/c19-15-6-14(7-16(20)10-15)18-9-13-5-11-3-1-2-4-12(11)8-17(13)21-18/h1-8,10,18,21H,9H2. The lowest BCUT2D eigenvalue weighted by atomic mass is 10.0. The average molecular weight is 281 g/mol. The van der Waals surface area contributed by atoms with E-state index in [-0.39, 0.29) is 6.04 Å². The first-order valence-electron chi connectivity index (χ1n) is 6.93. The summed E-state index contributed by atoms with van der Waals surface area (Å²) < 4.78 is 26.7. The van der Waals surface area contributed by atoms with Crippen molar-refractivity contribution in [2.75, 3.05) is 5.32 Å². The maximum atomic E-state index is 13.4. The Morgan fingerprint density at radius 2 is 1.52 bits per heavy atom. The van der Waals surface area contributed by atoms with Crippen LogP contribution >= 0.6 is 0 Å². The first-order valence-corrected chi connectivity index (χ1v) is 6.93. The van der Waals surface area contributed by atoms with Crippen LogP contribution in [0.15, 0.2) is 54.6 Å². The van der Waals surface area contributed by atoms with E-state index in [1.54, 1.807) is 0 Å². The average Bonchev–Trinajstić information content (AvgIpc) is 2.86. The maximum Gasteiger partial charge on any atom is 0.126 e. The van der Waals surface area contributed by atoms with Crippen LogP contribution in [0.2, 0.25) is 0 Å². The third-order valence-corrected chi connectivity index (χ3v) is 4.01. The Morgan fingerprint density at radius 3 is 2.24 bits per heavy atom. The molecule has 1 unspecified atom stereocenters. The number of halogens is 2. The summed E-state index contributed by atoms with van der Waals surface area (Å²) in [6, 6.07) is 16.0. The van der Waals surface area contributed by atoms with E-state index in [1.165, 1.54) is 23.1 Å². The van der Waals surface area contributed by atoms with Gasteiger partial charge in [-0.05, 0) is 52.6 Å². The van der Waals surface area contributed by atoms with E-state index in [9.17, 15) is 8.78 Å². The lowest BCUT2D eigenvalue weighted by Crippen LogP contribution is -2.06. The summed E-state index contributed by atoms with van der Waals surface area (Å²) in [6.07, 6.45) is 0.739. The Balaban J connectivity index is 1.74. The summed E-state index contributed by atoms with van der Waals surface area (Å²) in [6.45, 7) is 0. The first kappa shape index (κ1) is 12.3. The number of nitrogens with one attached hydrogen (secondary N) is 1.